The zero-order chi connectivity index (χ0) is 18.3. The molecule has 5 nitrogen and oxygen atoms in total. The van der Waals surface area contributed by atoms with Gasteiger partial charge in [-0.3, -0.25) is 4.79 Å². The molecular weight excluding hydrogens is 328 g/mol. The van der Waals surface area contributed by atoms with Gasteiger partial charge in [0.05, 0.1) is 7.11 Å². The number of hydrogen-bond acceptors (Lipinski definition) is 4. The van der Waals surface area contributed by atoms with Gasteiger partial charge in [0.1, 0.15) is 11.5 Å². The third-order valence-corrected chi connectivity index (χ3v) is 5.55. The van der Waals surface area contributed by atoms with E-state index in [1.807, 2.05) is 6.07 Å². The van der Waals surface area contributed by atoms with Crippen molar-refractivity contribution in [3.05, 3.63) is 47.0 Å². The predicted molar refractivity (Wildman–Crippen MR) is 102 cm³/mol. The molecule has 0 bridgehead atoms. The molecule has 2 aromatic carbocycles. The Labute approximate surface area is 153 Å². The fraction of sp³-hybridized carbons (Fsp3) is 0.381. The zero-order valence-corrected chi connectivity index (χ0v) is 15.2. The maximum Gasteiger partial charge on any atom is 0.225 e. The SMILES string of the molecule is COc1ccc(O)c([C@H]2CC(=O)Nc3c2ccc(N2CCCC2)c3C)c1. The highest BCUT2D eigenvalue weighted by atomic mass is 16.5. The summed E-state index contributed by atoms with van der Waals surface area (Å²) in [7, 11) is 1.60. The fourth-order valence-electron chi connectivity index (χ4n) is 4.18. The molecule has 1 saturated heterocycles. The number of aromatic hydroxyl groups is 1. The lowest BCUT2D eigenvalue weighted by atomic mass is 9.82. The van der Waals surface area contributed by atoms with E-state index in [0.717, 1.165) is 35.5 Å². The third kappa shape index (κ3) is 2.77. The molecule has 2 heterocycles. The van der Waals surface area contributed by atoms with Crippen LogP contribution in [-0.4, -0.2) is 31.2 Å². The number of rotatable bonds is 3. The monoisotopic (exact) mass is 352 g/mol. The average molecular weight is 352 g/mol. The number of ether oxygens (including phenoxy) is 1. The number of methoxy groups -OCH3 is 1. The minimum atomic E-state index is -0.180. The van der Waals surface area contributed by atoms with Crippen molar-refractivity contribution >= 4 is 17.3 Å². The summed E-state index contributed by atoms with van der Waals surface area (Å²) in [6.45, 7) is 4.20. The number of phenolic OH excluding ortho intramolecular Hbond substituents is 1. The molecule has 0 unspecified atom stereocenters. The van der Waals surface area contributed by atoms with Gasteiger partial charge in [0, 0.05) is 42.4 Å². The van der Waals surface area contributed by atoms with E-state index in [4.69, 9.17) is 4.74 Å². The molecule has 1 amide bonds. The molecule has 0 radical (unpaired) electrons. The smallest absolute Gasteiger partial charge is 0.225 e. The van der Waals surface area contributed by atoms with Crippen LogP contribution in [0.2, 0.25) is 0 Å². The lowest BCUT2D eigenvalue weighted by Crippen LogP contribution is -2.26. The molecular formula is C21H24N2O3. The van der Waals surface area contributed by atoms with Crippen LogP contribution in [0, 0.1) is 6.92 Å². The van der Waals surface area contributed by atoms with Crippen LogP contribution in [0.5, 0.6) is 11.5 Å². The minimum Gasteiger partial charge on any atom is -0.508 e. The Morgan fingerprint density at radius 3 is 2.65 bits per heavy atom. The number of hydrogen-bond donors (Lipinski definition) is 2. The van der Waals surface area contributed by atoms with Crippen molar-refractivity contribution in [2.45, 2.75) is 32.1 Å². The summed E-state index contributed by atoms with van der Waals surface area (Å²) in [4.78, 5) is 14.8. The van der Waals surface area contributed by atoms with Crippen molar-refractivity contribution in [1.82, 2.24) is 0 Å². The molecule has 0 saturated carbocycles. The summed E-state index contributed by atoms with van der Waals surface area (Å²) >= 11 is 0. The number of amides is 1. The van der Waals surface area contributed by atoms with Crippen LogP contribution in [0.15, 0.2) is 30.3 Å². The van der Waals surface area contributed by atoms with E-state index < -0.39 is 0 Å². The quantitative estimate of drug-likeness (QED) is 0.882. The molecule has 2 aromatic rings. The van der Waals surface area contributed by atoms with Crippen molar-refractivity contribution in [3.8, 4) is 11.5 Å². The minimum absolute atomic E-state index is 0.0219. The van der Waals surface area contributed by atoms with Gasteiger partial charge in [-0.15, -0.1) is 0 Å². The molecule has 0 aliphatic carbocycles. The van der Waals surface area contributed by atoms with Crippen molar-refractivity contribution in [3.63, 3.8) is 0 Å². The lowest BCUT2D eigenvalue weighted by molar-refractivity contribution is -0.116. The molecule has 0 spiro atoms. The molecule has 0 aromatic heterocycles. The number of fused-ring (bicyclic) bond motifs is 1. The van der Waals surface area contributed by atoms with Crippen LogP contribution in [0.1, 0.15) is 41.9 Å². The van der Waals surface area contributed by atoms with Crippen LogP contribution in [0.3, 0.4) is 0 Å². The van der Waals surface area contributed by atoms with E-state index in [0.29, 0.717) is 12.2 Å². The Bertz CT molecular complexity index is 857. The number of carbonyl (C=O) groups is 1. The van der Waals surface area contributed by atoms with Gasteiger partial charge in [0.2, 0.25) is 5.91 Å². The normalized spacial score (nSPS) is 19.2. The van der Waals surface area contributed by atoms with Crippen molar-refractivity contribution < 1.29 is 14.6 Å². The Morgan fingerprint density at radius 1 is 1.15 bits per heavy atom. The first-order valence-electron chi connectivity index (χ1n) is 9.13. The van der Waals surface area contributed by atoms with Gasteiger partial charge in [-0.2, -0.15) is 0 Å². The van der Waals surface area contributed by atoms with Crippen molar-refractivity contribution in [1.29, 1.82) is 0 Å². The van der Waals surface area contributed by atoms with Gasteiger partial charge in [-0.25, -0.2) is 0 Å². The highest BCUT2D eigenvalue weighted by Gasteiger charge is 2.31. The van der Waals surface area contributed by atoms with Crippen LogP contribution < -0.4 is 15.0 Å². The van der Waals surface area contributed by atoms with Gasteiger partial charge in [0.25, 0.3) is 0 Å². The molecule has 2 N–H and O–H groups in total. The number of phenols is 1. The Kier molecular flexibility index (Phi) is 4.23. The molecule has 1 atom stereocenters. The average Bonchev–Trinajstić information content (AvgIpc) is 3.17. The fourth-order valence-corrected chi connectivity index (χ4v) is 4.18. The first-order valence-corrected chi connectivity index (χ1v) is 9.13. The lowest BCUT2D eigenvalue weighted by Gasteiger charge is -2.31. The Morgan fingerprint density at radius 2 is 1.92 bits per heavy atom. The van der Waals surface area contributed by atoms with E-state index >= 15 is 0 Å². The molecule has 2 aliphatic heterocycles. The van der Waals surface area contributed by atoms with Crippen molar-refractivity contribution in [2.24, 2.45) is 0 Å². The molecule has 1 fully saturated rings. The van der Waals surface area contributed by atoms with E-state index in [9.17, 15) is 9.90 Å². The molecule has 5 heteroatoms. The van der Waals surface area contributed by atoms with Crippen LogP contribution in [0.25, 0.3) is 0 Å². The van der Waals surface area contributed by atoms with E-state index in [2.05, 4.69) is 29.3 Å². The highest BCUT2D eigenvalue weighted by Crippen LogP contribution is 2.45. The van der Waals surface area contributed by atoms with E-state index in [-0.39, 0.29) is 17.6 Å². The highest BCUT2D eigenvalue weighted by molar-refractivity contribution is 5.97. The summed E-state index contributed by atoms with van der Waals surface area (Å²) in [5, 5.41) is 13.5. The second-order valence-electron chi connectivity index (χ2n) is 7.10. The van der Waals surface area contributed by atoms with Crippen LogP contribution in [0.4, 0.5) is 11.4 Å². The number of carbonyl (C=O) groups excluding carboxylic acids is 1. The summed E-state index contributed by atoms with van der Waals surface area (Å²) in [5.74, 6) is 0.667. The molecule has 4 rings (SSSR count). The number of nitrogens with zero attached hydrogens (tertiary/aromatic N) is 1. The van der Waals surface area contributed by atoms with Gasteiger partial charge in [-0.1, -0.05) is 6.07 Å². The largest absolute Gasteiger partial charge is 0.508 e. The molecule has 2 aliphatic rings. The first-order chi connectivity index (χ1) is 12.6. The third-order valence-electron chi connectivity index (χ3n) is 5.55. The van der Waals surface area contributed by atoms with Crippen LogP contribution in [-0.2, 0) is 4.79 Å². The van der Waals surface area contributed by atoms with Crippen LogP contribution >= 0.6 is 0 Å². The zero-order valence-electron chi connectivity index (χ0n) is 15.2. The van der Waals surface area contributed by atoms with Gasteiger partial charge < -0.3 is 20.1 Å². The second-order valence-corrected chi connectivity index (χ2v) is 7.10. The standard InChI is InChI=1S/C21H24N2O3/c1-13-18(23-9-3-4-10-23)7-6-15-16(12-20(25)22-21(13)15)17-11-14(26-2)5-8-19(17)24/h5-8,11,16,24H,3-4,9-10,12H2,1-2H3,(H,22,25)/t16-/m0/s1. The predicted octanol–water partition coefficient (Wildman–Crippen LogP) is 3.78. The molecule has 26 heavy (non-hydrogen) atoms. The summed E-state index contributed by atoms with van der Waals surface area (Å²) in [6.07, 6.45) is 2.74. The number of benzene rings is 2. The maximum absolute atomic E-state index is 12.4. The summed E-state index contributed by atoms with van der Waals surface area (Å²) in [6, 6.07) is 9.43. The van der Waals surface area contributed by atoms with Gasteiger partial charge >= 0.3 is 0 Å². The first kappa shape index (κ1) is 16.8. The summed E-state index contributed by atoms with van der Waals surface area (Å²) < 4.78 is 5.31. The number of anilines is 2. The van der Waals surface area contributed by atoms with E-state index in [1.165, 1.54) is 18.5 Å². The topological polar surface area (TPSA) is 61.8 Å². The Hall–Kier alpha value is -2.69. The summed E-state index contributed by atoms with van der Waals surface area (Å²) in [5.41, 5.74) is 4.96. The number of nitrogens with one attached hydrogen (secondary N) is 1. The Balaban J connectivity index is 1.81. The van der Waals surface area contributed by atoms with Crippen molar-refractivity contribution in [2.75, 3.05) is 30.4 Å². The van der Waals surface area contributed by atoms with Gasteiger partial charge in [-0.05, 0) is 55.2 Å². The molecule has 136 valence electrons. The van der Waals surface area contributed by atoms with Gasteiger partial charge in [0.15, 0.2) is 0 Å². The maximum atomic E-state index is 12.4. The second kappa shape index (κ2) is 6.56. The van der Waals surface area contributed by atoms with E-state index in [1.54, 1.807) is 19.2 Å².